The number of benzene rings is 1. The zero-order chi connectivity index (χ0) is 19.4. The predicted octanol–water partition coefficient (Wildman–Crippen LogP) is 1.86. The maximum absolute atomic E-state index is 13.9. The van der Waals surface area contributed by atoms with Crippen LogP contribution in [0.3, 0.4) is 0 Å². The van der Waals surface area contributed by atoms with Crippen molar-refractivity contribution in [3.05, 3.63) is 30.1 Å². The first-order chi connectivity index (χ1) is 12.9. The largest absolute Gasteiger partial charge is 0.353 e. The number of piperidine rings is 1. The summed E-state index contributed by atoms with van der Waals surface area (Å²) in [7, 11) is -3.87. The first kappa shape index (κ1) is 20.2. The fraction of sp³-hybridized carbons (Fsp3) is 0.632. The molecule has 0 bridgehead atoms. The third kappa shape index (κ3) is 4.50. The van der Waals surface area contributed by atoms with Crippen LogP contribution in [0.25, 0.3) is 0 Å². The van der Waals surface area contributed by atoms with Gasteiger partial charge in [0.2, 0.25) is 15.9 Å². The van der Waals surface area contributed by atoms with E-state index in [0.717, 1.165) is 31.7 Å². The van der Waals surface area contributed by atoms with Gasteiger partial charge in [-0.15, -0.1) is 0 Å². The van der Waals surface area contributed by atoms with Gasteiger partial charge in [-0.05, 0) is 50.3 Å². The predicted molar refractivity (Wildman–Crippen MR) is 101 cm³/mol. The summed E-state index contributed by atoms with van der Waals surface area (Å²) in [5.74, 6) is -0.646. The molecule has 150 valence electrons. The van der Waals surface area contributed by atoms with Crippen LogP contribution in [0.15, 0.2) is 29.2 Å². The van der Waals surface area contributed by atoms with Gasteiger partial charge in [-0.25, -0.2) is 12.8 Å². The van der Waals surface area contributed by atoms with Crippen LogP contribution < -0.4 is 11.1 Å². The van der Waals surface area contributed by atoms with E-state index in [2.05, 4.69) is 5.32 Å². The summed E-state index contributed by atoms with van der Waals surface area (Å²) < 4.78 is 40.5. The number of rotatable bonds is 5. The quantitative estimate of drug-likeness (QED) is 0.793. The van der Waals surface area contributed by atoms with E-state index in [-0.39, 0.29) is 35.9 Å². The summed E-state index contributed by atoms with van der Waals surface area (Å²) in [6.45, 7) is 1.02. The lowest BCUT2D eigenvalue weighted by Gasteiger charge is -2.34. The first-order valence-corrected chi connectivity index (χ1v) is 11.1. The molecule has 6 nitrogen and oxygen atoms in total. The van der Waals surface area contributed by atoms with E-state index in [1.54, 1.807) is 0 Å². The van der Waals surface area contributed by atoms with Crippen molar-refractivity contribution >= 4 is 15.9 Å². The van der Waals surface area contributed by atoms with Crippen LogP contribution in [-0.4, -0.2) is 44.3 Å². The zero-order valence-electron chi connectivity index (χ0n) is 15.4. The zero-order valence-corrected chi connectivity index (χ0v) is 16.3. The number of hydrogen-bond donors (Lipinski definition) is 2. The molecule has 0 aromatic heterocycles. The summed E-state index contributed by atoms with van der Waals surface area (Å²) in [5.41, 5.74) is 5.83. The Hall–Kier alpha value is -1.51. The highest BCUT2D eigenvalue weighted by molar-refractivity contribution is 7.89. The van der Waals surface area contributed by atoms with Crippen LogP contribution in [0, 0.1) is 17.7 Å². The molecule has 1 aromatic rings. The van der Waals surface area contributed by atoms with Gasteiger partial charge in [0, 0.05) is 25.0 Å². The molecule has 27 heavy (non-hydrogen) atoms. The Kier molecular flexibility index (Phi) is 6.49. The summed E-state index contributed by atoms with van der Waals surface area (Å²) in [6.07, 6.45) is 5.13. The fourth-order valence-corrected chi connectivity index (χ4v) is 5.67. The van der Waals surface area contributed by atoms with Crippen molar-refractivity contribution < 1.29 is 17.6 Å². The first-order valence-electron chi connectivity index (χ1n) is 9.68. The summed E-state index contributed by atoms with van der Waals surface area (Å²) >= 11 is 0. The molecule has 3 N–H and O–H groups in total. The highest BCUT2D eigenvalue weighted by atomic mass is 32.2. The number of sulfonamides is 1. The molecule has 0 radical (unpaired) electrons. The standard InChI is InChI=1S/C19H28FN3O3S/c20-16-6-2-4-8-18(16)27(25,26)23-11-9-14(10-12-23)19(24)22-17-7-3-1-5-15(17)13-21/h2,4,6,8,14-15,17H,1,3,5,7,9-13,21H2,(H,22,24). The van der Waals surface area contributed by atoms with Gasteiger partial charge >= 0.3 is 0 Å². The SMILES string of the molecule is NCC1CCCCC1NC(=O)C1CCN(S(=O)(=O)c2ccccc2F)CC1. The number of nitrogens with one attached hydrogen (secondary N) is 1. The average Bonchev–Trinajstić information content (AvgIpc) is 2.68. The van der Waals surface area contributed by atoms with E-state index in [4.69, 9.17) is 5.73 Å². The second-order valence-corrected chi connectivity index (χ2v) is 9.41. The molecular formula is C19H28FN3O3S. The lowest BCUT2D eigenvalue weighted by atomic mass is 9.84. The van der Waals surface area contributed by atoms with E-state index >= 15 is 0 Å². The Labute approximate surface area is 160 Å². The molecule has 3 rings (SSSR count). The monoisotopic (exact) mass is 397 g/mol. The maximum Gasteiger partial charge on any atom is 0.245 e. The number of hydrogen-bond acceptors (Lipinski definition) is 4. The molecule has 8 heteroatoms. The van der Waals surface area contributed by atoms with Crippen molar-refractivity contribution in [2.75, 3.05) is 19.6 Å². The number of nitrogens with zero attached hydrogens (tertiary/aromatic N) is 1. The molecular weight excluding hydrogens is 369 g/mol. The van der Waals surface area contributed by atoms with Gasteiger partial charge in [-0.1, -0.05) is 25.0 Å². The average molecular weight is 398 g/mol. The van der Waals surface area contributed by atoms with Gasteiger partial charge in [0.05, 0.1) is 0 Å². The highest BCUT2D eigenvalue weighted by Gasteiger charge is 2.34. The molecule has 0 spiro atoms. The fourth-order valence-electron chi connectivity index (χ4n) is 4.13. The van der Waals surface area contributed by atoms with Gasteiger partial charge in [0.15, 0.2) is 0 Å². The van der Waals surface area contributed by atoms with Gasteiger partial charge < -0.3 is 11.1 Å². The Morgan fingerprint density at radius 1 is 1.15 bits per heavy atom. The molecule has 1 saturated heterocycles. The molecule has 1 heterocycles. The number of carbonyl (C=O) groups excluding carboxylic acids is 1. The van der Waals surface area contributed by atoms with Crippen molar-refractivity contribution in [2.45, 2.75) is 49.5 Å². The van der Waals surface area contributed by atoms with E-state index < -0.39 is 15.8 Å². The summed E-state index contributed by atoms with van der Waals surface area (Å²) in [4.78, 5) is 12.3. The lowest BCUT2D eigenvalue weighted by molar-refractivity contribution is -0.127. The Balaban J connectivity index is 1.58. The molecule has 1 saturated carbocycles. The topological polar surface area (TPSA) is 92.5 Å². The van der Waals surface area contributed by atoms with E-state index in [1.807, 2.05) is 0 Å². The van der Waals surface area contributed by atoms with Gasteiger partial charge in [-0.3, -0.25) is 4.79 Å². The van der Waals surface area contributed by atoms with Crippen molar-refractivity contribution in [1.29, 1.82) is 0 Å². The molecule has 1 aliphatic carbocycles. The molecule has 2 fully saturated rings. The van der Waals surface area contributed by atoms with Crippen LogP contribution in [-0.2, 0) is 14.8 Å². The van der Waals surface area contributed by atoms with Crippen LogP contribution in [0.2, 0.25) is 0 Å². The van der Waals surface area contributed by atoms with Crippen molar-refractivity contribution in [3.8, 4) is 0 Å². The third-order valence-electron chi connectivity index (χ3n) is 5.82. The number of carbonyl (C=O) groups is 1. The number of nitrogens with two attached hydrogens (primary N) is 1. The molecule has 1 aromatic carbocycles. The lowest BCUT2D eigenvalue weighted by Crippen LogP contribution is -2.49. The van der Waals surface area contributed by atoms with Crippen LogP contribution in [0.1, 0.15) is 38.5 Å². The molecule has 2 unspecified atom stereocenters. The third-order valence-corrected chi connectivity index (χ3v) is 7.75. The van der Waals surface area contributed by atoms with E-state index in [1.165, 1.54) is 22.5 Å². The van der Waals surface area contributed by atoms with Gasteiger partial charge in [0.1, 0.15) is 10.7 Å². The minimum absolute atomic E-state index is 0.0108. The Morgan fingerprint density at radius 3 is 2.48 bits per heavy atom. The Morgan fingerprint density at radius 2 is 1.81 bits per heavy atom. The van der Waals surface area contributed by atoms with E-state index in [9.17, 15) is 17.6 Å². The maximum atomic E-state index is 13.9. The minimum Gasteiger partial charge on any atom is -0.353 e. The normalized spacial score (nSPS) is 25.3. The molecule has 1 aliphatic heterocycles. The summed E-state index contributed by atoms with van der Waals surface area (Å²) in [5, 5.41) is 3.14. The number of amides is 1. The minimum atomic E-state index is -3.87. The van der Waals surface area contributed by atoms with Crippen molar-refractivity contribution in [2.24, 2.45) is 17.6 Å². The van der Waals surface area contributed by atoms with Gasteiger partial charge in [0.25, 0.3) is 0 Å². The van der Waals surface area contributed by atoms with Crippen molar-refractivity contribution in [1.82, 2.24) is 9.62 Å². The van der Waals surface area contributed by atoms with Crippen molar-refractivity contribution in [3.63, 3.8) is 0 Å². The smallest absolute Gasteiger partial charge is 0.245 e. The van der Waals surface area contributed by atoms with E-state index in [0.29, 0.717) is 25.3 Å². The highest BCUT2D eigenvalue weighted by Crippen LogP contribution is 2.27. The van der Waals surface area contributed by atoms with Crippen LogP contribution >= 0.6 is 0 Å². The Bertz CT molecular complexity index is 763. The summed E-state index contributed by atoms with van der Waals surface area (Å²) in [6, 6.07) is 5.51. The van der Waals surface area contributed by atoms with Gasteiger partial charge in [-0.2, -0.15) is 4.31 Å². The van der Waals surface area contributed by atoms with Crippen LogP contribution in [0.4, 0.5) is 4.39 Å². The molecule has 2 aliphatic rings. The van der Waals surface area contributed by atoms with Crippen LogP contribution in [0.5, 0.6) is 0 Å². The number of halogens is 1. The molecule has 2 atom stereocenters. The second-order valence-electron chi connectivity index (χ2n) is 7.50. The molecule has 1 amide bonds. The second kappa shape index (κ2) is 8.67.